The van der Waals surface area contributed by atoms with E-state index in [4.69, 9.17) is 23.2 Å². The highest BCUT2D eigenvalue weighted by Crippen LogP contribution is 2.29. The lowest BCUT2D eigenvalue weighted by molar-refractivity contribution is 0.172. The number of nitrogens with one attached hydrogen (secondary N) is 1. The predicted molar refractivity (Wildman–Crippen MR) is 63.7 cm³/mol. The molecule has 0 bridgehead atoms. The van der Waals surface area contributed by atoms with Crippen LogP contribution in [-0.4, -0.2) is 17.3 Å². The normalized spacial score (nSPS) is 24.8. The van der Waals surface area contributed by atoms with E-state index >= 15 is 0 Å². The van der Waals surface area contributed by atoms with Crippen LogP contribution in [0.4, 0.5) is 10.1 Å². The second-order valence-electron chi connectivity index (χ2n) is 4.00. The maximum absolute atomic E-state index is 13.2. The highest BCUT2D eigenvalue weighted by Gasteiger charge is 2.25. The first-order valence-electron chi connectivity index (χ1n) is 5.17. The van der Waals surface area contributed by atoms with Gasteiger partial charge in [-0.1, -0.05) is 23.2 Å². The first-order chi connectivity index (χ1) is 7.58. The molecule has 2 N–H and O–H groups in total. The van der Waals surface area contributed by atoms with Crippen molar-refractivity contribution in [3.63, 3.8) is 0 Å². The number of aliphatic hydroxyl groups is 1. The second kappa shape index (κ2) is 4.78. The van der Waals surface area contributed by atoms with E-state index in [-0.39, 0.29) is 22.2 Å². The maximum Gasteiger partial charge on any atom is 0.160 e. The third kappa shape index (κ3) is 2.42. The Morgan fingerprint density at radius 3 is 2.38 bits per heavy atom. The van der Waals surface area contributed by atoms with E-state index < -0.39 is 5.82 Å². The van der Waals surface area contributed by atoms with Gasteiger partial charge in [-0.25, -0.2) is 4.39 Å². The second-order valence-corrected chi connectivity index (χ2v) is 4.82. The molecule has 16 heavy (non-hydrogen) atoms. The average Bonchev–Trinajstić information content (AvgIpc) is 2.61. The molecular weight excluding hydrogens is 252 g/mol. The van der Waals surface area contributed by atoms with Crippen LogP contribution in [0.1, 0.15) is 19.3 Å². The first-order valence-corrected chi connectivity index (χ1v) is 5.92. The molecule has 0 aromatic heterocycles. The van der Waals surface area contributed by atoms with Gasteiger partial charge in [-0.05, 0) is 31.4 Å². The minimum Gasteiger partial charge on any atom is -0.391 e. The Balaban J connectivity index is 2.15. The van der Waals surface area contributed by atoms with Gasteiger partial charge >= 0.3 is 0 Å². The number of benzene rings is 1. The third-order valence-corrected chi connectivity index (χ3v) is 3.37. The first kappa shape index (κ1) is 12.0. The predicted octanol–water partition coefficient (Wildman–Crippen LogP) is 3.46. The Morgan fingerprint density at radius 2 is 1.88 bits per heavy atom. The van der Waals surface area contributed by atoms with Crippen LogP contribution in [0.25, 0.3) is 0 Å². The van der Waals surface area contributed by atoms with Crippen LogP contribution in [0.3, 0.4) is 0 Å². The van der Waals surface area contributed by atoms with Crippen LogP contribution in [0.5, 0.6) is 0 Å². The van der Waals surface area contributed by atoms with Gasteiger partial charge in [-0.3, -0.25) is 0 Å². The lowest BCUT2D eigenvalue weighted by atomic mass is 10.2. The van der Waals surface area contributed by atoms with Crippen molar-refractivity contribution < 1.29 is 9.50 Å². The highest BCUT2D eigenvalue weighted by molar-refractivity contribution is 6.35. The Bertz CT molecular complexity index is 377. The van der Waals surface area contributed by atoms with Crippen LogP contribution >= 0.6 is 23.2 Å². The Hall–Kier alpha value is -0.510. The van der Waals surface area contributed by atoms with Crippen molar-refractivity contribution in [2.45, 2.75) is 31.4 Å². The van der Waals surface area contributed by atoms with Crippen molar-refractivity contribution in [1.82, 2.24) is 0 Å². The monoisotopic (exact) mass is 263 g/mol. The van der Waals surface area contributed by atoms with Gasteiger partial charge in [0.05, 0.1) is 22.2 Å². The summed E-state index contributed by atoms with van der Waals surface area (Å²) < 4.78 is 13.2. The summed E-state index contributed by atoms with van der Waals surface area (Å²) in [4.78, 5) is 0. The van der Waals surface area contributed by atoms with Crippen LogP contribution in [0.2, 0.25) is 10.0 Å². The summed E-state index contributed by atoms with van der Waals surface area (Å²) in [5, 5.41) is 12.7. The molecule has 0 amide bonds. The minimum atomic E-state index is -0.610. The van der Waals surface area contributed by atoms with Crippen molar-refractivity contribution in [2.75, 3.05) is 5.32 Å². The zero-order valence-corrected chi connectivity index (χ0v) is 10.0. The molecule has 0 aliphatic heterocycles. The van der Waals surface area contributed by atoms with E-state index in [0.29, 0.717) is 5.69 Å². The fourth-order valence-electron chi connectivity index (χ4n) is 1.96. The minimum absolute atomic E-state index is 0.00223. The molecule has 1 aliphatic carbocycles. The molecule has 1 fully saturated rings. The third-order valence-electron chi connectivity index (χ3n) is 2.82. The standard InChI is InChI=1S/C11H12Cl2FNO/c12-7-4-6(5-8(13)11(7)14)15-9-2-1-3-10(9)16/h4-5,9-10,15-16H,1-3H2. The van der Waals surface area contributed by atoms with Crippen LogP contribution in [0, 0.1) is 5.82 Å². The molecule has 2 atom stereocenters. The summed E-state index contributed by atoms with van der Waals surface area (Å²) in [6.45, 7) is 0. The fourth-order valence-corrected chi connectivity index (χ4v) is 2.45. The quantitative estimate of drug-likeness (QED) is 0.802. The van der Waals surface area contributed by atoms with Crippen LogP contribution in [-0.2, 0) is 0 Å². The van der Waals surface area contributed by atoms with E-state index in [9.17, 15) is 9.50 Å². The Labute approximate surface area is 103 Å². The van der Waals surface area contributed by atoms with Gasteiger partial charge in [0.1, 0.15) is 0 Å². The van der Waals surface area contributed by atoms with Gasteiger partial charge in [0.2, 0.25) is 0 Å². The molecule has 1 saturated carbocycles. The van der Waals surface area contributed by atoms with Gasteiger partial charge in [0, 0.05) is 5.69 Å². The molecule has 88 valence electrons. The van der Waals surface area contributed by atoms with Gasteiger partial charge in [-0.2, -0.15) is 0 Å². The van der Waals surface area contributed by atoms with Crippen LogP contribution < -0.4 is 5.32 Å². The average molecular weight is 264 g/mol. The summed E-state index contributed by atoms with van der Waals surface area (Å²) in [5.74, 6) is -0.610. The number of rotatable bonds is 2. The SMILES string of the molecule is OC1CCCC1Nc1cc(Cl)c(F)c(Cl)c1. The fraction of sp³-hybridized carbons (Fsp3) is 0.455. The van der Waals surface area contributed by atoms with E-state index in [0.717, 1.165) is 19.3 Å². The van der Waals surface area contributed by atoms with Crippen molar-refractivity contribution in [2.24, 2.45) is 0 Å². The van der Waals surface area contributed by atoms with Crippen molar-refractivity contribution in [3.05, 3.63) is 28.0 Å². The molecule has 0 radical (unpaired) electrons. The highest BCUT2D eigenvalue weighted by atomic mass is 35.5. The van der Waals surface area contributed by atoms with Gasteiger partial charge in [0.25, 0.3) is 0 Å². The summed E-state index contributed by atoms with van der Waals surface area (Å²) >= 11 is 11.4. The number of anilines is 1. The number of aliphatic hydroxyl groups excluding tert-OH is 1. The molecule has 1 aromatic carbocycles. The van der Waals surface area contributed by atoms with E-state index in [1.165, 1.54) is 12.1 Å². The lowest BCUT2D eigenvalue weighted by Gasteiger charge is -2.18. The molecule has 1 aliphatic rings. The van der Waals surface area contributed by atoms with E-state index in [1.807, 2.05) is 0 Å². The van der Waals surface area contributed by atoms with Gasteiger partial charge < -0.3 is 10.4 Å². The van der Waals surface area contributed by atoms with E-state index in [2.05, 4.69) is 5.32 Å². The molecule has 0 heterocycles. The zero-order valence-electron chi connectivity index (χ0n) is 8.51. The van der Waals surface area contributed by atoms with Crippen molar-refractivity contribution >= 4 is 28.9 Å². The summed E-state index contributed by atoms with van der Waals surface area (Å²) in [6.07, 6.45) is 2.32. The van der Waals surface area contributed by atoms with Crippen molar-refractivity contribution in [3.8, 4) is 0 Å². The lowest BCUT2D eigenvalue weighted by Crippen LogP contribution is -2.27. The molecule has 2 nitrogen and oxygen atoms in total. The molecule has 0 spiro atoms. The summed E-state index contributed by atoms with van der Waals surface area (Å²) in [7, 11) is 0. The molecule has 1 aromatic rings. The Kier molecular flexibility index (Phi) is 3.57. The summed E-state index contributed by atoms with van der Waals surface area (Å²) in [5.41, 5.74) is 0.641. The number of hydrogen-bond acceptors (Lipinski definition) is 2. The largest absolute Gasteiger partial charge is 0.391 e. The Morgan fingerprint density at radius 1 is 1.25 bits per heavy atom. The number of hydrogen-bond donors (Lipinski definition) is 2. The molecule has 0 saturated heterocycles. The van der Waals surface area contributed by atoms with Crippen molar-refractivity contribution in [1.29, 1.82) is 0 Å². The molecular formula is C11H12Cl2FNO. The molecule has 2 unspecified atom stereocenters. The smallest absolute Gasteiger partial charge is 0.160 e. The topological polar surface area (TPSA) is 32.3 Å². The van der Waals surface area contributed by atoms with Crippen LogP contribution in [0.15, 0.2) is 12.1 Å². The van der Waals surface area contributed by atoms with Gasteiger partial charge in [0.15, 0.2) is 5.82 Å². The zero-order chi connectivity index (χ0) is 11.7. The summed E-state index contributed by atoms with van der Waals surface area (Å²) in [6, 6.07) is 2.96. The maximum atomic E-state index is 13.2. The van der Waals surface area contributed by atoms with E-state index in [1.54, 1.807) is 0 Å². The molecule has 2 rings (SSSR count). The van der Waals surface area contributed by atoms with Gasteiger partial charge in [-0.15, -0.1) is 0 Å². The molecule has 5 heteroatoms. The number of halogens is 3.